The molecule has 0 aromatic heterocycles. The van der Waals surface area contributed by atoms with Crippen molar-refractivity contribution in [3.8, 4) is 0 Å². The van der Waals surface area contributed by atoms with Gasteiger partial charge in [-0.15, -0.1) is 0 Å². The highest BCUT2D eigenvalue weighted by Gasteiger charge is 2.18. The highest BCUT2D eigenvalue weighted by atomic mass is 79.9. The van der Waals surface area contributed by atoms with E-state index >= 15 is 0 Å². The van der Waals surface area contributed by atoms with Gasteiger partial charge in [0.15, 0.2) is 0 Å². The van der Waals surface area contributed by atoms with Gasteiger partial charge in [0, 0.05) is 15.9 Å². The Labute approximate surface area is 114 Å². The van der Waals surface area contributed by atoms with Crippen LogP contribution in [-0.4, -0.2) is 9.96 Å². The fraction of sp³-hybridized carbons (Fsp3) is 0.538. The summed E-state index contributed by atoms with van der Waals surface area (Å²) in [7, 11) is -0.947. The normalized spacial score (nSPS) is 19.1. The van der Waals surface area contributed by atoms with Crippen molar-refractivity contribution in [3.63, 3.8) is 0 Å². The third-order valence-corrected chi connectivity index (χ3v) is 5.46. The number of benzene rings is 1. The second-order valence-corrected chi connectivity index (χ2v) is 7.08. The Bertz CT molecular complexity index is 416. The van der Waals surface area contributed by atoms with E-state index in [1.54, 1.807) is 0 Å². The molecule has 1 fully saturated rings. The second-order valence-electron chi connectivity index (χ2n) is 4.70. The molecule has 1 aromatic carbocycles. The predicted octanol–water partition coefficient (Wildman–Crippen LogP) is 3.72. The molecule has 0 spiro atoms. The van der Waals surface area contributed by atoms with Gasteiger partial charge in [0.25, 0.3) is 0 Å². The summed E-state index contributed by atoms with van der Waals surface area (Å²) in [5.41, 5.74) is 6.54. The van der Waals surface area contributed by atoms with Crippen molar-refractivity contribution in [2.45, 2.75) is 37.0 Å². The maximum absolute atomic E-state index is 12.3. The van der Waals surface area contributed by atoms with Gasteiger partial charge in [-0.3, -0.25) is 4.21 Å². The fourth-order valence-electron chi connectivity index (χ4n) is 2.38. The first-order valence-corrected chi connectivity index (χ1v) is 8.21. The van der Waals surface area contributed by atoms with E-state index in [4.69, 9.17) is 5.73 Å². The zero-order valence-corrected chi connectivity index (χ0v) is 12.2. The summed E-state index contributed by atoms with van der Waals surface area (Å²) in [4.78, 5) is 0.791. The molecule has 4 heteroatoms. The van der Waals surface area contributed by atoms with Gasteiger partial charge in [-0.05, 0) is 37.0 Å². The lowest BCUT2D eigenvalue weighted by molar-refractivity contribution is 0.388. The first-order valence-electron chi connectivity index (χ1n) is 6.10. The molecule has 0 aliphatic heterocycles. The molecular formula is C13H18BrNOS. The van der Waals surface area contributed by atoms with Gasteiger partial charge in [-0.25, -0.2) is 0 Å². The molecule has 1 aliphatic rings. The summed E-state index contributed by atoms with van der Waals surface area (Å²) >= 11 is 3.36. The van der Waals surface area contributed by atoms with E-state index in [0.29, 0.717) is 11.6 Å². The molecule has 0 amide bonds. The molecule has 0 saturated heterocycles. The van der Waals surface area contributed by atoms with Gasteiger partial charge in [0.05, 0.1) is 15.7 Å². The quantitative estimate of drug-likeness (QED) is 0.864. The Morgan fingerprint density at radius 2 is 2.00 bits per heavy atom. The smallest absolute Gasteiger partial charge is 0.0618 e. The molecule has 1 saturated carbocycles. The molecule has 1 atom stereocenters. The van der Waals surface area contributed by atoms with E-state index in [1.807, 2.05) is 18.2 Å². The lowest BCUT2D eigenvalue weighted by Crippen LogP contribution is -2.15. The van der Waals surface area contributed by atoms with Crippen LogP contribution in [0.2, 0.25) is 0 Å². The summed E-state index contributed by atoms with van der Waals surface area (Å²) in [5, 5.41) is 0. The van der Waals surface area contributed by atoms with E-state index < -0.39 is 10.8 Å². The third-order valence-electron chi connectivity index (χ3n) is 3.33. The van der Waals surface area contributed by atoms with Gasteiger partial charge < -0.3 is 5.73 Å². The van der Waals surface area contributed by atoms with Crippen molar-refractivity contribution in [1.29, 1.82) is 0 Å². The highest BCUT2D eigenvalue weighted by molar-refractivity contribution is 9.10. The average Bonchev–Trinajstić information content (AvgIpc) is 2.30. The summed E-state index contributed by atoms with van der Waals surface area (Å²) in [6.07, 6.45) is 6.36. The number of rotatable bonds is 3. The second kappa shape index (κ2) is 6.01. The Morgan fingerprint density at radius 1 is 1.29 bits per heavy atom. The minimum atomic E-state index is -0.947. The fourth-order valence-corrected chi connectivity index (χ4v) is 4.25. The van der Waals surface area contributed by atoms with Crippen LogP contribution in [0, 0.1) is 5.92 Å². The third kappa shape index (κ3) is 3.55. The number of halogens is 1. The topological polar surface area (TPSA) is 43.1 Å². The van der Waals surface area contributed by atoms with Crippen molar-refractivity contribution >= 4 is 32.4 Å². The van der Waals surface area contributed by atoms with Crippen LogP contribution in [0.15, 0.2) is 27.6 Å². The van der Waals surface area contributed by atoms with Crippen LogP contribution >= 0.6 is 15.9 Å². The average molecular weight is 316 g/mol. The van der Waals surface area contributed by atoms with Gasteiger partial charge in [0.1, 0.15) is 0 Å². The summed E-state index contributed by atoms with van der Waals surface area (Å²) < 4.78 is 13.2. The first kappa shape index (κ1) is 13.1. The lowest BCUT2D eigenvalue weighted by Gasteiger charge is -2.21. The lowest BCUT2D eigenvalue weighted by atomic mass is 9.91. The van der Waals surface area contributed by atoms with Crippen LogP contribution in [0.5, 0.6) is 0 Å². The van der Waals surface area contributed by atoms with E-state index in [9.17, 15) is 4.21 Å². The molecule has 0 heterocycles. The van der Waals surface area contributed by atoms with E-state index in [0.717, 1.165) is 15.1 Å². The minimum absolute atomic E-state index is 0.618. The van der Waals surface area contributed by atoms with Gasteiger partial charge in [-0.2, -0.15) is 0 Å². The van der Waals surface area contributed by atoms with Crippen LogP contribution in [0.25, 0.3) is 0 Å². The SMILES string of the molecule is Nc1cc(Br)ccc1S(=O)CC1CCCCC1. The van der Waals surface area contributed by atoms with E-state index in [1.165, 1.54) is 32.1 Å². The maximum atomic E-state index is 12.3. The van der Waals surface area contributed by atoms with Crippen molar-refractivity contribution in [2.24, 2.45) is 5.92 Å². The summed E-state index contributed by atoms with van der Waals surface area (Å²) in [5.74, 6) is 1.39. The molecule has 17 heavy (non-hydrogen) atoms. The number of anilines is 1. The molecule has 0 radical (unpaired) electrons. The number of nitrogens with two attached hydrogens (primary N) is 1. The zero-order valence-electron chi connectivity index (χ0n) is 9.82. The molecule has 1 unspecified atom stereocenters. The number of nitrogen functional groups attached to an aromatic ring is 1. The predicted molar refractivity (Wildman–Crippen MR) is 76.4 cm³/mol. The van der Waals surface area contributed by atoms with Gasteiger partial charge in [0.2, 0.25) is 0 Å². The molecule has 2 nitrogen and oxygen atoms in total. The van der Waals surface area contributed by atoms with Crippen molar-refractivity contribution in [3.05, 3.63) is 22.7 Å². The van der Waals surface area contributed by atoms with Crippen molar-refractivity contribution < 1.29 is 4.21 Å². The highest BCUT2D eigenvalue weighted by Crippen LogP contribution is 2.28. The summed E-state index contributed by atoms with van der Waals surface area (Å²) in [6.45, 7) is 0. The molecule has 2 N–H and O–H groups in total. The number of hydrogen-bond donors (Lipinski definition) is 1. The molecule has 1 aromatic rings. The maximum Gasteiger partial charge on any atom is 0.0618 e. The zero-order chi connectivity index (χ0) is 12.3. The standard InChI is InChI=1S/C13H18BrNOS/c14-11-6-7-13(12(15)8-11)17(16)9-10-4-2-1-3-5-10/h6-8,10H,1-5,9,15H2. The molecule has 0 bridgehead atoms. The van der Waals surface area contributed by atoms with E-state index in [2.05, 4.69) is 15.9 Å². The Balaban J connectivity index is 2.03. The van der Waals surface area contributed by atoms with Crippen LogP contribution in [0.3, 0.4) is 0 Å². The van der Waals surface area contributed by atoms with Crippen molar-refractivity contribution in [1.82, 2.24) is 0 Å². The Hall–Kier alpha value is -0.350. The minimum Gasteiger partial charge on any atom is -0.398 e. The number of hydrogen-bond acceptors (Lipinski definition) is 2. The van der Waals surface area contributed by atoms with Gasteiger partial charge >= 0.3 is 0 Å². The van der Waals surface area contributed by atoms with Crippen LogP contribution in [0.4, 0.5) is 5.69 Å². The van der Waals surface area contributed by atoms with Gasteiger partial charge in [-0.1, -0.05) is 35.2 Å². The molecular weight excluding hydrogens is 298 g/mol. The summed E-state index contributed by atoms with van der Waals surface area (Å²) in [6, 6.07) is 5.61. The first-order chi connectivity index (χ1) is 8.16. The molecule has 94 valence electrons. The Kier molecular flexibility index (Phi) is 4.62. The van der Waals surface area contributed by atoms with E-state index in [-0.39, 0.29) is 0 Å². The van der Waals surface area contributed by atoms with Crippen LogP contribution in [0.1, 0.15) is 32.1 Å². The Morgan fingerprint density at radius 3 is 2.65 bits per heavy atom. The molecule has 1 aliphatic carbocycles. The van der Waals surface area contributed by atoms with Crippen molar-refractivity contribution in [2.75, 3.05) is 11.5 Å². The molecule has 2 rings (SSSR count). The largest absolute Gasteiger partial charge is 0.398 e. The van der Waals surface area contributed by atoms with Crippen LogP contribution < -0.4 is 5.73 Å². The van der Waals surface area contributed by atoms with Crippen LogP contribution in [-0.2, 0) is 10.8 Å². The monoisotopic (exact) mass is 315 g/mol.